The number of unbranched alkanes of at least 4 members (excludes halogenated alkanes) is 4. The highest BCUT2D eigenvalue weighted by atomic mass is 16.6. The summed E-state index contributed by atoms with van der Waals surface area (Å²) in [6.45, 7) is 3.47. The van der Waals surface area contributed by atoms with Crippen molar-refractivity contribution in [2.75, 3.05) is 0 Å². The number of esters is 1. The Morgan fingerprint density at radius 1 is 1.27 bits per heavy atom. The van der Waals surface area contributed by atoms with Crippen LogP contribution in [0.25, 0.3) is 0 Å². The number of benzene rings is 1. The normalized spacial score (nSPS) is 11.2. The Bertz CT molecular complexity index is 554. The molecule has 1 aromatic rings. The Balaban J connectivity index is 2.73. The smallest absolute Gasteiger partial charge is 0.304 e. The highest BCUT2D eigenvalue weighted by molar-refractivity contribution is 5.66. The van der Waals surface area contributed by atoms with Crippen molar-refractivity contribution < 1.29 is 14.5 Å². The van der Waals surface area contributed by atoms with Crippen LogP contribution in [-0.2, 0) is 9.53 Å². The van der Waals surface area contributed by atoms with Gasteiger partial charge in [0, 0.05) is 31.0 Å². The van der Waals surface area contributed by atoms with E-state index in [4.69, 9.17) is 4.74 Å². The van der Waals surface area contributed by atoms with Gasteiger partial charge in [0.2, 0.25) is 0 Å². The van der Waals surface area contributed by atoms with E-state index >= 15 is 0 Å². The van der Waals surface area contributed by atoms with Crippen LogP contribution in [0.2, 0.25) is 0 Å². The summed E-state index contributed by atoms with van der Waals surface area (Å²) < 4.78 is 5.18. The number of ether oxygens (including phenoxy) is 1. The van der Waals surface area contributed by atoms with Gasteiger partial charge in [-0.25, -0.2) is 0 Å². The van der Waals surface area contributed by atoms with Gasteiger partial charge in [0.25, 0.3) is 5.69 Å². The Labute approximate surface area is 130 Å². The summed E-state index contributed by atoms with van der Waals surface area (Å²) in [6, 6.07) is 5.90. The molecule has 0 spiro atoms. The van der Waals surface area contributed by atoms with Crippen molar-refractivity contribution in [3.8, 4) is 11.8 Å². The summed E-state index contributed by atoms with van der Waals surface area (Å²) in [4.78, 5) is 21.4. The Morgan fingerprint density at radius 3 is 2.50 bits per heavy atom. The zero-order valence-corrected chi connectivity index (χ0v) is 13.0. The van der Waals surface area contributed by atoms with Gasteiger partial charge >= 0.3 is 5.97 Å². The van der Waals surface area contributed by atoms with Crippen LogP contribution in [0.5, 0.6) is 0 Å². The van der Waals surface area contributed by atoms with E-state index in [9.17, 15) is 14.9 Å². The topological polar surface area (TPSA) is 69.4 Å². The summed E-state index contributed by atoms with van der Waals surface area (Å²) in [5, 5.41) is 10.6. The maximum absolute atomic E-state index is 11.2. The van der Waals surface area contributed by atoms with E-state index in [2.05, 4.69) is 18.8 Å². The molecule has 0 aliphatic carbocycles. The molecule has 0 N–H and O–H groups in total. The second-order valence-electron chi connectivity index (χ2n) is 4.97. The van der Waals surface area contributed by atoms with Gasteiger partial charge in [0.1, 0.15) is 0 Å². The Morgan fingerprint density at radius 2 is 1.95 bits per heavy atom. The van der Waals surface area contributed by atoms with E-state index < -0.39 is 17.0 Å². The standard InChI is InChI=1S/C17H21NO4/c1-3-4-5-6-7-8-9-17(22-14(2)19)15-10-12-16(13-11-15)18(20)21/h10-13,17H,3-7H2,1-2H3. The molecule has 5 heteroatoms. The molecule has 1 rings (SSSR count). The molecule has 0 aliphatic heterocycles. The predicted octanol–water partition coefficient (Wildman–Crippen LogP) is 4.17. The van der Waals surface area contributed by atoms with Gasteiger partial charge in [-0.05, 0) is 18.6 Å². The maximum Gasteiger partial charge on any atom is 0.304 e. The molecule has 0 saturated heterocycles. The molecule has 1 aromatic carbocycles. The minimum atomic E-state index is -0.676. The number of rotatable bonds is 7. The third kappa shape index (κ3) is 6.40. The van der Waals surface area contributed by atoms with Crippen molar-refractivity contribution >= 4 is 11.7 Å². The lowest BCUT2D eigenvalue weighted by Gasteiger charge is -2.11. The number of carbonyl (C=O) groups excluding carboxylic acids is 1. The summed E-state index contributed by atoms with van der Waals surface area (Å²) in [6.07, 6.45) is 4.60. The minimum absolute atomic E-state index is 0.00199. The third-order valence-corrected chi connectivity index (χ3v) is 3.08. The predicted molar refractivity (Wildman–Crippen MR) is 84.1 cm³/mol. The molecule has 0 radical (unpaired) electrons. The van der Waals surface area contributed by atoms with Crippen LogP contribution in [-0.4, -0.2) is 10.9 Å². The van der Waals surface area contributed by atoms with Crippen LogP contribution in [0.4, 0.5) is 5.69 Å². The van der Waals surface area contributed by atoms with E-state index in [-0.39, 0.29) is 5.69 Å². The first-order valence-electron chi connectivity index (χ1n) is 7.44. The van der Waals surface area contributed by atoms with Gasteiger partial charge in [0.05, 0.1) is 4.92 Å². The van der Waals surface area contributed by atoms with Crippen molar-refractivity contribution in [1.29, 1.82) is 0 Å². The fourth-order valence-electron chi connectivity index (χ4n) is 1.92. The van der Waals surface area contributed by atoms with Gasteiger partial charge in [0.15, 0.2) is 6.10 Å². The Kier molecular flexibility index (Phi) is 7.69. The van der Waals surface area contributed by atoms with Gasteiger partial charge in [-0.15, -0.1) is 0 Å². The van der Waals surface area contributed by atoms with Crippen LogP contribution < -0.4 is 0 Å². The first-order chi connectivity index (χ1) is 10.5. The molecule has 118 valence electrons. The molecule has 1 unspecified atom stereocenters. The molecule has 5 nitrogen and oxygen atoms in total. The molecule has 1 atom stereocenters. The highest BCUT2D eigenvalue weighted by Gasteiger charge is 2.13. The quantitative estimate of drug-likeness (QED) is 0.249. The highest BCUT2D eigenvalue weighted by Crippen LogP contribution is 2.20. The van der Waals surface area contributed by atoms with Gasteiger partial charge < -0.3 is 4.74 Å². The lowest BCUT2D eigenvalue weighted by Crippen LogP contribution is -2.06. The summed E-state index contributed by atoms with van der Waals surface area (Å²) >= 11 is 0. The first kappa shape index (κ1) is 17.7. The van der Waals surface area contributed by atoms with E-state index in [1.54, 1.807) is 12.1 Å². The van der Waals surface area contributed by atoms with Crippen LogP contribution in [0.1, 0.15) is 57.6 Å². The molecule has 0 fully saturated rings. The number of nitro groups is 1. The zero-order chi connectivity index (χ0) is 16.4. The average Bonchev–Trinajstić information content (AvgIpc) is 2.49. The van der Waals surface area contributed by atoms with E-state index in [0.29, 0.717) is 5.56 Å². The lowest BCUT2D eigenvalue weighted by molar-refractivity contribution is -0.384. The van der Waals surface area contributed by atoms with Gasteiger partial charge in [-0.2, -0.15) is 0 Å². The maximum atomic E-state index is 11.2. The number of nitro benzene ring substituents is 1. The molecule has 0 aliphatic rings. The molecule has 0 heterocycles. The van der Waals surface area contributed by atoms with Gasteiger partial charge in [-0.1, -0.05) is 38.0 Å². The van der Waals surface area contributed by atoms with Crippen LogP contribution in [0.3, 0.4) is 0 Å². The minimum Gasteiger partial charge on any atom is -0.444 e. The van der Waals surface area contributed by atoms with Crippen molar-refractivity contribution in [2.24, 2.45) is 0 Å². The average molecular weight is 303 g/mol. The van der Waals surface area contributed by atoms with Crippen molar-refractivity contribution in [2.45, 2.75) is 52.1 Å². The number of nitrogens with zero attached hydrogens (tertiary/aromatic N) is 1. The molecule has 0 saturated carbocycles. The number of hydrogen-bond acceptors (Lipinski definition) is 4. The molecule has 22 heavy (non-hydrogen) atoms. The molecule has 0 bridgehead atoms. The zero-order valence-electron chi connectivity index (χ0n) is 13.0. The van der Waals surface area contributed by atoms with E-state index in [0.717, 1.165) is 19.3 Å². The monoisotopic (exact) mass is 303 g/mol. The third-order valence-electron chi connectivity index (χ3n) is 3.08. The summed E-state index contributed by atoms with van der Waals surface area (Å²) in [7, 11) is 0. The number of hydrogen-bond donors (Lipinski definition) is 0. The Hall–Kier alpha value is -2.35. The summed E-state index contributed by atoms with van der Waals surface area (Å²) in [5.74, 6) is 5.53. The van der Waals surface area contributed by atoms with E-state index in [1.807, 2.05) is 0 Å². The second-order valence-corrected chi connectivity index (χ2v) is 4.97. The molecule has 0 amide bonds. The second kappa shape index (κ2) is 9.56. The van der Waals surface area contributed by atoms with Crippen molar-refractivity contribution in [3.05, 3.63) is 39.9 Å². The largest absolute Gasteiger partial charge is 0.444 e. The van der Waals surface area contributed by atoms with Crippen molar-refractivity contribution in [3.63, 3.8) is 0 Å². The van der Waals surface area contributed by atoms with Crippen LogP contribution >= 0.6 is 0 Å². The van der Waals surface area contributed by atoms with Crippen molar-refractivity contribution in [1.82, 2.24) is 0 Å². The van der Waals surface area contributed by atoms with Crippen LogP contribution in [0, 0.1) is 22.0 Å². The SMILES string of the molecule is CCCCCCC#CC(OC(C)=O)c1ccc([N+](=O)[O-])cc1. The fourth-order valence-corrected chi connectivity index (χ4v) is 1.92. The van der Waals surface area contributed by atoms with E-state index in [1.165, 1.54) is 31.9 Å². The molecular weight excluding hydrogens is 282 g/mol. The molecular formula is C17H21NO4. The first-order valence-corrected chi connectivity index (χ1v) is 7.44. The van der Waals surface area contributed by atoms with Crippen LogP contribution in [0.15, 0.2) is 24.3 Å². The summed E-state index contributed by atoms with van der Waals surface area (Å²) in [5.41, 5.74) is 0.639. The van der Waals surface area contributed by atoms with Gasteiger partial charge in [-0.3, -0.25) is 14.9 Å². The lowest BCUT2D eigenvalue weighted by atomic mass is 10.1. The number of carbonyl (C=O) groups is 1. The molecule has 0 aromatic heterocycles. The number of non-ortho nitro benzene ring substituents is 1. The fraction of sp³-hybridized carbons (Fsp3) is 0.471.